The van der Waals surface area contributed by atoms with Crippen molar-refractivity contribution in [1.82, 2.24) is 9.80 Å². The normalized spacial score (nSPS) is 24.0. The molecule has 2 heterocycles. The van der Waals surface area contributed by atoms with Crippen LogP contribution in [0.1, 0.15) is 5.56 Å². The van der Waals surface area contributed by atoms with Gasteiger partial charge < -0.3 is 14.5 Å². The number of ether oxygens (including phenoxy) is 1. The average Bonchev–Trinajstić information content (AvgIpc) is 2.68. The summed E-state index contributed by atoms with van der Waals surface area (Å²) in [4.78, 5) is 16.0. The number of morpholine rings is 1. The average molecular weight is 232 g/mol. The van der Waals surface area contributed by atoms with Gasteiger partial charge in [-0.05, 0) is 5.56 Å². The van der Waals surface area contributed by atoms with Crippen LogP contribution in [0.4, 0.5) is 4.79 Å². The first-order valence-electron chi connectivity index (χ1n) is 6.02. The van der Waals surface area contributed by atoms with Crippen molar-refractivity contribution in [1.29, 1.82) is 0 Å². The summed E-state index contributed by atoms with van der Waals surface area (Å²) >= 11 is 0. The largest absolute Gasteiger partial charge is 0.377 e. The fourth-order valence-corrected chi connectivity index (χ4v) is 2.51. The molecule has 0 saturated carbocycles. The van der Waals surface area contributed by atoms with Gasteiger partial charge >= 0.3 is 6.03 Å². The first-order valence-corrected chi connectivity index (χ1v) is 6.02. The van der Waals surface area contributed by atoms with E-state index >= 15 is 0 Å². The van der Waals surface area contributed by atoms with Crippen LogP contribution in [-0.2, 0) is 11.3 Å². The molecular formula is C13H16N2O2. The Labute approximate surface area is 101 Å². The summed E-state index contributed by atoms with van der Waals surface area (Å²) in [6.45, 7) is 3.56. The maximum absolute atomic E-state index is 12.1. The lowest BCUT2D eigenvalue weighted by atomic mass is 10.2. The highest BCUT2D eigenvalue weighted by molar-refractivity contribution is 5.77. The van der Waals surface area contributed by atoms with Crippen LogP contribution in [0.5, 0.6) is 0 Å². The van der Waals surface area contributed by atoms with Gasteiger partial charge in [-0.2, -0.15) is 0 Å². The molecule has 4 nitrogen and oxygen atoms in total. The Morgan fingerprint density at radius 2 is 2.12 bits per heavy atom. The topological polar surface area (TPSA) is 32.8 Å². The van der Waals surface area contributed by atoms with Crippen LogP contribution in [0.25, 0.3) is 0 Å². The Kier molecular flexibility index (Phi) is 2.73. The third-order valence-electron chi connectivity index (χ3n) is 3.39. The van der Waals surface area contributed by atoms with Crippen LogP contribution >= 0.6 is 0 Å². The SMILES string of the molecule is O=C1N(Cc2ccccc2)C[C@H]2COCCN12. The summed E-state index contributed by atoms with van der Waals surface area (Å²) in [5, 5.41) is 0. The van der Waals surface area contributed by atoms with Gasteiger partial charge in [-0.15, -0.1) is 0 Å². The van der Waals surface area contributed by atoms with E-state index in [1.54, 1.807) is 0 Å². The number of hydrogen-bond acceptors (Lipinski definition) is 2. The van der Waals surface area contributed by atoms with Crippen LogP contribution < -0.4 is 0 Å². The third-order valence-corrected chi connectivity index (χ3v) is 3.39. The molecule has 1 aromatic rings. The zero-order valence-electron chi connectivity index (χ0n) is 9.71. The first kappa shape index (κ1) is 10.6. The summed E-state index contributed by atoms with van der Waals surface area (Å²) in [6.07, 6.45) is 0. The highest BCUT2D eigenvalue weighted by Crippen LogP contribution is 2.21. The first-order chi connectivity index (χ1) is 8.34. The number of nitrogens with zero attached hydrogens (tertiary/aromatic N) is 2. The predicted octanol–water partition coefficient (Wildman–Crippen LogP) is 1.32. The Hall–Kier alpha value is -1.55. The van der Waals surface area contributed by atoms with Crippen molar-refractivity contribution in [2.75, 3.05) is 26.3 Å². The number of fused-ring (bicyclic) bond motifs is 1. The van der Waals surface area contributed by atoms with E-state index in [1.165, 1.54) is 5.56 Å². The summed E-state index contributed by atoms with van der Waals surface area (Å²) in [5.74, 6) is 0. The number of benzene rings is 1. The van der Waals surface area contributed by atoms with Gasteiger partial charge in [-0.3, -0.25) is 0 Å². The van der Waals surface area contributed by atoms with Crippen molar-refractivity contribution < 1.29 is 9.53 Å². The molecule has 0 radical (unpaired) electrons. The lowest BCUT2D eigenvalue weighted by Gasteiger charge is -2.27. The molecule has 3 rings (SSSR count). The molecule has 0 aliphatic carbocycles. The molecule has 2 saturated heterocycles. The smallest absolute Gasteiger partial charge is 0.320 e. The van der Waals surface area contributed by atoms with Crippen molar-refractivity contribution in [3.8, 4) is 0 Å². The van der Waals surface area contributed by atoms with E-state index in [-0.39, 0.29) is 12.1 Å². The molecule has 17 heavy (non-hydrogen) atoms. The van der Waals surface area contributed by atoms with Crippen LogP contribution in [0, 0.1) is 0 Å². The van der Waals surface area contributed by atoms with Crippen molar-refractivity contribution in [3.05, 3.63) is 35.9 Å². The van der Waals surface area contributed by atoms with Gasteiger partial charge in [-0.25, -0.2) is 4.79 Å². The number of carbonyl (C=O) groups excluding carboxylic acids is 1. The van der Waals surface area contributed by atoms with Crippen LogP contribution in [-0.4, -0.2) is 48.2 Å². The lowest BCUT2D eigenvalue weighted by Crippen LogP contribution is -2.43. The van der Waals surface area contributed by atoms with E-state index in [0.717, 1.165) is 13.1 Å². The Balaban J connectivity index is 1.71. The van der Waals surface area contributed by atoms with Crippen molar-refractivity contribution >= 4 is 6.03 Å². The molecule has 2 aliphatic heterocycles. The maximum atomic E-state index is 12.1. The third kappa shape index (κ3) is 2.00. The molecule has 1 atom stereocenters. The second kappa shape index (κ2) is 4.37. The highest BCUT2D eigenvalue weighted by atomic mass is 16.5. The van der Waals surface area contributed by atoms with Crippen molar-refractivity contribution in [2.45, 2.75) is 12.6 Å². The highest BCUT2D eigenvalue weighted by Gasteiger charge is 2.38. The fraction of sp³-hybridized carbons (Fsp3) is 0.462. The Morgan fingerprint density at radius 3 is 2.88 bits per heavy atom. The van der Waals surface area contributed by atoms with Gasteiger partial charge in [0.15, 0.2) is 0 Å². The fourth-order valence-electron chi connectivity index (χ4n) is 2.51. The molecular weight excluding hydrogens is 216 g/mol. The van der Waals surface area contributed by atoms with Gasteiger partial charge in [0.25, 0.3) is 0 Å². The van der Waals surface area contributed by atoms with Gasteiger partial charge in [0.05, 0.1) is 19.3 Å². The van der Waals surface area contributed by atoms with E-state index in [9.17, 15) is 4.79 Å². The number of hydrogen-bond donors (Lipinski definition) is 0. The van der Waals surface area contributed by atoms with Gasteiger partial charge in [0.1, 0.15) is 0 Å². The van der Waals surface area contributed by atoms with E-state index in [4.69, 9.17) is 4.74 Å². The number of amides is 2. The quantitative estimate of drug-likeness (QED) is 0.770. The molecule has 2 fully saturated rings. The maximum Gasteiger partial charge on any atom is 0.320 e. The van der Waals surface area contributed by atoms with Crippen LogP contribution in [0.3, 0.4) is 0 Å². The van der Waals surface area contributed by atoms with E-state index in [0.29, 0.717) is 19.8 Å². The molecule has 0 spiro atoms. The van der Waals surface area contributed by atoms with Crippen molar-refractivity contribution in [3.63, 3.8) is 0 Å². The number of carbonyl (C=O) groups is 1. The molecule has 0 unspecified atom stereocenters. The van der Waals surface area contributed by atoms with Crippen LogP contribution in [0.2, 0.25) is 0 Å². The second-order valence-corrected chi connectivity index (χ2v) is 4.57. The zero-order chi connectivity index (χ0) is 11.7. The second-order valence-electron chi connectivity index (χ2n) is 4.57. The minimum absolute atomic E-state index is 0.155. The van der Waals surface area contributed by atoms with Gasteiger partial charge in [0.2, 0.25) is 0 Å². The number of rotatable bonds is 2. The summed E-state index contributed by atoms with van der Waals surface area (Å²) in [5.41, 5.74) is 1.18. The number of urea groups is 1. The zero-order valence-corrected chi connectivity index (χ0v) is 9.71. The Morgan fingerprint density at radius 1 is 1.29 bits per heavy atom. The molecule has 0 N–H and O–H groups in total. The van der Waals surface area contributed by atoms with Gasteiger partial charge in [-0.1, -0.05) is 30.3 Å². The lowest BCUT2D eigenvalue weighted by molar-refractivity contribution is 0.0299. The standard InChI is InChI=1S/C13H16N2O2/c16-13-14(8-11-4-2-1-3-5-11)9-12-10-17-7-6-15(12)13/h1-5,12H,6-10H2/t12-/m0/s1. The van der Waals surface area contributed by atoms with E-state index in [1.807, 2.05) is 28.0 Å². The summed E-state index contributed by atoms with van der Waals surface area (Å²) in [6, 6.07) is 10.5. The minimum Gasteiger partial charge on any atom is -0.377 e. The van der Waals surface area contributed by atoms with E-state index in [2.05, 4.69) is 12.1 Å². The molecule has 4 heteroatoms. The molecule has 90 valence electrons. The van der Waals surface area contributed by atoms with Crippen molar-refractivity contribution in [2.24, 2.45) is 0 Å². The molecule has 2 aliphatic rings. The summed E-state index contributed by atoms with van der Waals surface area (Å²) in [7, 11) is 0. The molecule has 2 amide bonds. The molecule has 0 aromatic heterocycles. The van der Waals surface area contributed by atoms with Crippen LogP contribution in [0.15, 0.2) is 30.3 Å². The summed E-state index contributed by atoms with van der Waals surface area (Å²) < 4.78 is 5.41. The molecule has 0 bridgehead atoms. The minimum atomic E-state index is 0.155. The Bertz CT molecular complexity index is 407. The molecule has 1 aromatic carbocycles. The van der Waals surface area contributed by atoms with E-state index < -0.39 is 0 Å². The monoisotopic (exact) mass is 232 g/mol. The van der Waals surface area contributed by atoms with Gasteiger partial charge in [0, 0.05) is 19.6 Å². The predicted molar refractivity (Wildman–Crippen MR) is 63.6 cm³/mol.